The lowest BCUT2D eigenvalue weighted by Gasteiger charge is -1.90. The standard InChI is InChI=1S/C10H5N5O2/c16-10-8-7(9-11-13-14-15(9)12-10)5-3-1-2-4-6(5)17-8/h1-4H,(H,12,16). The van der Waals surface area contributed by atoms with Gasteiger partial charge in [0.15, 0.2) is 0 Å². The fourth-order valence-corrected chi connectivity index (χ4v) is 1.99. The van der Waals surface area contributed by atoms with Gasteiger partial charge in [0, 0.05) is 5.39 Å². The SMILES string of the molecule is O=c1[nH]n2nnnc2c2c1oc1ccccc12. The van der Waals surface area contributed by atoms with Crippen LogP contribution in [0.3, 0.4) is 0 Å². The second-order valence-corrected chi connectivity index (χ2v) is 3.66. The van der Waals surface area contributed by atoms with Gasteiger partial charge in [-0.3, -0.25) is 4.79 Å². The van der Waals surface area contributed by atoms with Crippen molar-refractivity contribution in [2.24, 2.45) is 0 Å². The van der Waals surface area contributed by atoms with Crippen molar-refractivity contribution in [2.75, 3.05) is 0 Å². The van der Waals surface area contributed by atoms with Gasteiger partial charge in [0.25, 0.3) is 0 Å². The topological polar surface area (TPSA) is 89.1 Å². The lowest BCUT2D eigenvalue weighted by Crippen LogP contribution is -2.11. The zero-order chi connectivity index (χ0) is 11.4. The molecule has 1 N–H and O–H groups in total. The van der Waals surface area contributed by atoms with Gasteiger partial charge in [0.2, 0.25) is 11.2 Å². The van der Waals surface area contributed by atoms with Crippen molar-refractivity contribution < 1.29 is 4.42 Å². The van der Waals surface area contributed by atoms with E-state index in [1.807, 2.05) is 18.2 Å². The second kappa shape index (κ2) is 2.70. The van der Waals surface area contributed by atoms with Crippen LogP contribution in [0.15, 0.2) is 33.5 Å². The van der Waals surface area contributed by atoms with Crippen LogP contribution >= 0.6 is 0 Å². The van der Waals surface area contributed by atoms with E-state index in [0.717, 1.165) is 5.39 Å². The van der Waals surface area contributed by atoms with Crippen molar-refractivity contribution in [3.8, 4) is 0 Å². The largest absolute Gasteiger partial charge is 0.450 e. The molecule has 0 spiro atoms. The first-order valence-corrected chi connectivity index (χ1v) is 4.96. The molecule has 0 aliphatic heterocycles. The Morgan fingerprint density at radius 1 is 1.29 bits per heavy atom. The number of benzene rings is 1. The Bertz CT molecular complexity index is 917. The number of hydrogen-bond donors (Lipinski definition) is 1. The van der Waals surface area contributed by atoms with Crippen LogP contribution in [0.1, 0.15) is 0 Å². The Kier molecular flexibility index (Phi) is 1.34. The summed E-state index contributed by atoms with van der Waals surface area (Å²) in [6.45, 7) is 0. The van der Waals surface area contributed by atoms with Crippen molar-refractivity contribution >= 4 is 27.6 Å². The number of nitrogens with zero attached hydrogens (tertiary/aromatic N) is 4. The summed E-state index contributed by atoms with van der Waals surface area (Å²) in [6.07, 6.45) is 0. The van der Waals surface area contributed by atoms with Crippen LogP contribution in [0.25, 0.3) is 27.6 Å². The highest BCUT2D eigenvalue weighted by Crippen LogP contribution is 2.27. The maximum Gasteiger partial charge on any atom is 0.307 e. The first kappa shape index (κ1) is 8.45. The molecule has 0 atom stereocenters. The maximum atomic E-state index is 11.8. The predicted molar refractivity (Wildman–Crippen MR) is 58.7 cm³/mol. The third-order valence-corrected chi connectivity index (χ3v) is 2.70. The monoisotopic (exact) mass is 227 g/mol. The van der Waals surface area contributed by atoms with Crippen LogP contribution in [-0.2, 0) is 0 Å². The lowest BCUT2D eigenvalue weighted by molar-refractivity contribution is 0.651. The molecule has 17 heavy (non-hydrogen) atoms. The third kappa shape index (κ3) is 0.949. The highest BCUT2D eigenvalue weighted by Gasteiger charge is 2.15. The minimum Gasteiger partial charge on any atom is -0.450 e. The Morgan fingerprint density at radius 3 is 3.12 bits per heavy atom. The van der Waals surface area contributed by atoms with Crippen LogP contribution in [0.2, 0.25) is 0 Å². The fraction of sp³-hybridized carbons (Fsp3) is 0. The fourth-order valence-electron chi connectivity index (χ4n) is 1.99. The highest BCUT2D eigenvalue weighted by atomic mass is 16.3. The summed E-state index contributed by atoms with van der Waals surface area (Å²) in [6, 6.07) is 7.39. The van der Waals surface area contributed by atoms with Crippen LogP contribution in [-0.4, -0.2) is 25.3 Å². The number of hydrogen-bond acceptors (Lipinski definition) is 5. The lowest BCUT2D eigenvalue weighted by atomic mass is 10.2. The highest BCUT2D eigenvalue weighted by molar-refractivity contribution is 6.10. The number of rotatable bonds is 0. The van der Waals surface area contributed by atoms with Crippen LogP contribution in [0.5, 0.6) is 0 Å². The van der Waals surface area contributed by atoms with Gasteiger partial charge in [-0.1, -0.05) is 18.2 Å². The van der Waals surface area contributed by atoms with Gasteiger partial charge in [-0.2, -0.15) is 0 Å². The number of aromatic amines is 1. The summed E-state index contributed by atoms with van der Waals surface area (Å²) in [7, 11) is 0. The summed E-state index contributed by atoms with van der Waals surface area (Å²) in [5.41, 5.74) is 1.01. The molecule has 0 saturated heterocycles. The minimum absolute atomic E-state index is 0.244. The number of para-hydroxylation sites is 1. The first-order valence-electron chi connectivity index (χ1n) is 4.96. The molecule has 0 aliphatic carbocycles. The molecule has 0 saturated carbocycles. The molecule has 1 aromatic carbocycles. The maximum absolute atomic E-state index is 11.8. The van der Waals surface area contributed by atoms with E-state index < -0.39 is 0 Å². The van der Waals surface area contributed by atoms with Crippen molar-refractivity contribution in [2.45, 2.75) is 0 Å². The van der Waals surface area contributed by atoms with E-state index in [-0.39, 0.29) is 11.1 Å². The third-order valence-electron chi connectivity index (χ3n) is 2.70. The van der Waals surface area contributed by atoms with Gasteiger partial charge in [-0.25, -0.2) is 5.10 Å². The molecular formula is C10H5N5O2. The summed E-state index contributed by atoms with van der Waals surface area (Å²) < 4.78 is 6.75. The van der Waals surface area contributed by atoms with E-state index in [0.29, 0.717) is 16.6 Å². The van der Waals surface area contributed by atoms with Gasteiger partial charge < -0.3 is 4.42 Å². The minimum atomic E-state index is -0.351. The van der Waals surface area contributed by atoms with Gasteiger partial charge in [0.05, 0.1) is 5.39 Å². The molecule has 0 amide bonds. The zero-order valence-corrected chi connectivity index (χ0v) is 8.41. The van der Waals surface area contributed by atoms with E-state index in [2.05, 4.69) is 20.6 Å². The molecule has 4 rings (SSSR count). The summed E-state index contributed by atoms with van der Waals surface area (Å²) in [5, 5.41) is 15.1. The number of tetrazole rings is 1. The van der Waals surface area contributed by atoms with Crippen LogP contribution < -0.4 is 5.56 Å². The number of fused-ring (bicyclic) bond motifs is 5. The zero-order valence-electron chi connectivity index (χ0n) is 8.41. The van der Waals surface area contributed by atoms with Gasteiger partial charge in [-0.15, -0.1) is 9.73 Å². The van der Waals surface area contributed by atoms with Crippen molar-refractivity contribution in [3.05, 3.63) is 34.6 Å². The quantitative estimate of drug-likeness (QED) is 0.478. The van der Waals surface area contributed by atoms with Crippen molar-refractivity contribution in [3.63, 3.8) is 0 Å². The molecular weight excluding hydrogens is 222 g/mol. The Morgan fingerprint density at radius 2 is 2.18 bits per heavy atom. The molecule has 3 aromatic heterocycles. The molecule has 7 nitrogen and oxygen atoms in total. The van der Waals surface area contributed by atoms with E-state index in [4.69, 9.17) is 4.42 Å². The molecule has 4 aromatic rings. The summed E-state index contributed by atoms with van der Waals surface area (Å²) in [4.78, 5) is 11.8. The summed E-state index contributed by atoms with van der Waals surface area (Å²) >= 11 is 0. The number of aromatic nitrogens is 5. The molecule has 3 heterocycles. The predicted octanol–water partition coefficient (Wildman–Crippen LogP) is 0.712. The number of furan rings is 1. The Balaban J connectivity index is 2.48. The van der Waals surface area contributed by atoms with Gasteiger partial charge in [0.1, 0.15) is 5.58 Å². The Labute approximate surface area is 92.6 Å². The van der Waals surface area contributed by atoms with Crippen LogP contribution in [0, 0.1) is 0 Å². The van der Waals surface area contributed by atoms with E-state index >= 15 is 0 Å². The van der Waals surface area contributed by atoms with E-state index in [1.54, 1.807) is 6.07 Å². The van der Waals surface area contributed by atoms with Crippen LogP contribution in [0.4, 0.5) is 0 Å². The van der Waals surface area contributed by atoms with Gasteiger partial charge >= 0.3 is 5.56 Å². The number of nitrogens with one attached hydrogen (secondary N) is 1. The molecule has 0 bridgehead atoms. The number of H-pyrrole nitrogens is 1. The van der Waals surface area contributed by atoms with E-state index in [9.17, 15) is 4.79 Å². The molecule has 82 valence electrons. The molecule has 0 unspecified atom stereocenters. The smallest absolute Gasteiger partial charge is 0.307 e. The molecule has 0 aliphatic rings. The van der Waals surface area contributed by atoms with Crippen molar-refractivity contribution in [1.82, 2.24) is 25.3 Å². The van der Waals surface area contributed by atoms with Gasteiger partial charge in [-0.05, 0) is 16.5 Å². The Hall–Kier alpha value is -2.70. The first-order chi connectivity index (χ1) is 8.34. The molecule has 0 fully saturated rings. The average molecular weight is 227 g/mol. The molecule has 7 heteroatoms. The average Bonchev–Trinajstić information content (AvgIpc) is 2.91. The summed E-state index contributed by atoms with van der Waals surface area (Å²) in [5.74, 6) is 0. The van der Waals surface area contributed by atoms with E-state index in [1.165, 1.54) is 4.63 Å². The van der Waals surface area contributed by atoms with Crippen molar-refractivity contribution in [1.29, 1.82) is 0 Å². The molecule has 0 radical (unpaired) electrons. The second-order valence-electron chi connectivity index (χ2n) is 3.66. The normalized spacial score (nSPS) is 11.8.